The van der Waals surface area contributed by atoms with Crippen molar-refractivity contribution in [3.8, 4) is 0 Å². The monoisotopic (exact) mass is 185 g/mol. The first-order valence-corrected chi connectivity index (χ1v) is 4.14. The zero-order valence-corrected chi connectivity index (χ0v) is 8.22. The molecule has 0 aromatic carbocycles. The van der Waals surface area contributed by atoms with Gasteiger partial charge in [-0.2, -0.15) is 0 Å². The quantitative estimate of drug-likeness (QED) is 0.504. The van der Waals surface area contributed by atoms with Crippen molar-refractivity contribution in [1.29, 1.82) is 0 Å². The summed E-state index contributed by atoms with van der Waals surface area (Å²) < 4.78 is 4.68. The molecule has 0 aliphatic rings. The van der Waals surface area contributed by atoms with Crippen molar-refractivity contribution in [2.45, 2.75) is 20.8 Å². The second-order valence-corrected chi connectivity index (χ2v) is 2.60. The maximum Gasteiger partial charge on any atom is 0.325 e. The summed E-state index contributed by atoms with van der Waals surface area (Å²) in [6.45, 7) is 5.39. The van der Waals surface area contributed by atoms with Crippen LogP contribution in [0.1, 0.15) is 20.8 Å². The van der Waals surface area contributed by atoms with Crippen LogP contribution in [0, 0.1) is 0 Å². The average Bonchev–Trinajstić information content (AvgIpc) is 2.00. The first-order valence-electron chi connectivity index (χ1n) is 4.14. The van der Waals surface area contributed by atoms with Gasteiger partial charge < -0.3 is 10.1 Å². The van der Waals surface area contributed by atoms with Gasteiger partial charge in [0.05, 0.1) is 6.61 Å². The lowest BCUT2D eigenvalue weighted by Crippen LogP contribution is -2.23. The van der Waals surface area contributed by atoms with E-state index in [1.54, 1.807) is 13.8 Å². The van der Waals surface area contributed by atoms with E-state index in [1.165, 1.54) is 13.0 Å². The largest absolute Gasteiger partial charge is 0.465 e. The predicted molar refractivity (Wildman–Crippen MR) is 49.1 cm³/mol. The Bertz CT molecular complexity index is 221. The van der Waals surface area contributed by atoms with Gasteiger partial charge >= 0.3 is 5.97 Å². The van der Waals surface area contributed by atoms with Crippen LogP contribution in [0.15, 0.2) is 11.8 Å². The van der Waals surface area contributed by atoms with E-state index in [0.29, 0.717) is 12.3 Å². The number of hydrogen-bond acceptors (Lipinski definition) is 4. The SMILES string of the molecule is CCOC(=O)CN/C(C)=C/C(C)=O. The highest BCUT2D eigenvalue weighted by molar-refractivity contribution is 5.87. The highest BCUT2D eigenvalue weighted by atomic mass is 16.5. The number of ketones is 1. The standard InChI is InChI=1S/C9H15NO3/c1-4-13-9(12)6-10-7(2)5-8(3)11/h5,10H,4,6H2,1-3H3/b7-5+. The third kappa shape index (κ3) is 7.05. The molecule has 0 aliphatic heterocycles. The van der Waals surface area contributed by atoms with E-state index >= 15 is 0 Å². The van der Waals surface area contributed by atoms with Gasteiger partial charge in [0.1, 0.15) is 6.54 Å². The molecule has 0 saturated heterocycles. The number of allylic oxidation sites excluding steroid dienone is 2. The van der Waals surface area contributed by atoms with Gasteiger partial charge in [-0.25, -0.2) is 0 Å². The first kappa shape index (κ1) is 11.7. The Labute approximate surface area is 78.0 Å². The number of nitrogens with one attached hydrogen (secondary N) is 1. The molecule has 0 bridgehead atoms. The Morgan fingerprint density at radius 3 is 2.46 bits per heavy atom. The van der Waals surface area contributed by atoms with Crippen LogP contribution in [0.3, 0.4) is 0 Å². The number of hydrogen-bond donors (Lipinski definition) is 1. The molecule has 0 radical (unpaired) electrons. The van der Waals surface area contributed by atoms with E-state index in [0.717, 1.165) is 0 Å². The van der Waals surface area contributed by atoms with Gasteiger partial charge in [0.25, 0.3) is 0 Å². The van der Waals surface area contributed by atoms with Crippen LogP contribution >= 0.6 is 0 Å². The lowest BCUT2D eigenvalue weighted by molar-refractivity contribution is -0.141. The van der Waals surface area contributed by atoms with Crippen molar-refractivity contribution in [3.05, 3.63) is 11.8 Å². The molecule has 0 aromatic rings. The molecule has 0 aromatic heterocycles. The molecular formula is C9H15NO3. The molecule has 0 spiro atoms. The minimum absolute atomic E-state index is 0.0474. The second-order valence-electron chi connectivity index (χ2n) is 2.60. The Balaban J connectivity index is 3.76. The molecular weight excluding hydrogens is 170 g/mol. The van der Waals surface area contributed by atoms with E-state index in [1.807, 2.05) is 0 Å². The Kier molecular flexibility index (Phi) is 5.59. The minimum Gasteiger partial charge on any atom is -0.465 e. The first-order chi connectivity index (χ1) is 6.06. The second kappa shape index (κ2) is 6.22. The molecule has 0 aliphatic carbocycles. The van der Waals surface area contributed by atoms with Crippen LogP contribution in [0.25, 0.3) is 0 Å². The molecule has 0 fully saturated rings. The molecule has 0 unspecified atom stereocenters. The number of rotatable bonds is 5. The zero-order valence-electron chi connectivity index (χ0n) is 8.22. The molecule has 1 N–H and O–H groups in total. The van der Waals surface area contributed by atoms with Gasteiger partial charge in [-0.1, -0.05) is 0 Å². The van der Waals surface area contributed by atoms with Crippen LogP contribution in [-0.4, -0.2) is 24.9 Å². The zero-order chi connectivity index (χ0) is 10.3. The third-order valence-corrected chi connectivity index (χ3v) is 1.24. The Hall–Kier alpha value is -1.32. The smallest absolute Gasteiger partial charge is 0.325 e. The summed E-state index contributed by atoms with van der Waals surface area (Å²) in [5.41, 5.74) is 0.667. The fourth-order valence-electron chi connectivity index (χ4n) is 0.780. The molecule has 0 rings (SSSR count). The third-order valence-electron chi connectivity index (χ3n) is 1.24. The number of ether oxygens (including phenoxy) is 1. The molecule has 4 heteroatoms. The van der Waals surface area contributed by atoms with Crippen LogP contribution < -0.4 is 5.32 Å². The lowest BCUT2D eigenvalue weighted by Gasteiger charge is -2.04. The molecule has 0 saturated carbocycles. The van der Waals surface area contributed by atoms with E-state index in [-0.39, 0.29) is 18.3 Å². The van der Waals surface area contributed by atoms with Crippen molar-refractivity contribution >= 4 is 11.8 Å². The fourth-order valence-corrected chi connectivity index (χ4v) is 0.780. The highest BCUT2D eigenvalue weighted by Crippen LogP contribution is 1.87. The van der Waals surface area contributed by atoms with Crippen molar-refractivity contribution in [2.24, 2.45) is 0 Å². The van der Waals surface area contributed by atoms with E-state index in [4.69, 9.17) is 0 Å². The summed E-state index contributed by atoms with van der Waals surface area (Å²) in [7, 11) is 0. The number of carbonyl (C=O) groups is 2. The van der Waals surface area contributed by atoms with Crippen molar-refractivity contribution in [2.75, 3.05) is 13.2 Å². The van der Waals surface area contributed by atoms with Crippen molar-refractivity contribution in [1.82, 2.24) is 5.32 Å². The molecule has 0 atom stereocenters. The van der Waals surface area contributed by atoms with Crippen LogP contribution in [0.2, 0.25) is 0 Å². The fraction of sp³-hybridized carbons (Fsp3) is 0.556. The van der Waals surface area contributed by atoms with Gasteiger partial charge in [-0.3, -0.25) is 9.59 Å². The van der Waals surface area contributed by atoms with Crippen LogP contribution in [0.5, 0.6) is 0 Å². The molecule has 0 amide bonds. The summed E-state index contributed by atoms with van der Waals surface area (Å²) in [5, 5.41) is 2.76. The summed E-state index contributed by atoms with van der Waals surface area (Å²) in [6, 6.07) is 0. The Morgan fingerprint density at radius 2 is 2.00 bits per heavy atom. The highest BCUT2D eigenvalue weighted by Gasteiger charge is 2.00. The normalized spacial score (nSPS) is 10.8. The van der Waals surface area contributed by atoms with Gasteiger partial charge in [0, 0.05) is 5.70 Å². The van der Waals surface area contributed by atoms with Gasteiger partial charge in [-0.05, 0) is 26.8 Å². The number of carbonyl (C=O) groups excluding carboxylic acids is 2. The maximum atomic E-state index is 10.8. The van der Waals surface area contributed by atoms with E-state index in [9.17, 15) is 9.59 Å². The van der Waals surface area contributed by atoms with Gasteiger partial charge in [-0.15, -0.1) is 0 Å². The van der Waals surface area contributed by atoms with Crippen molar-refractivity contribution in [3.63, 3.8) is 0 Å². The topological polar surface area (TPSA) is 55.4 Å². The average molecular weight is 185 g/mol. The summed E-state index contributed by atoms with van der Waals surface area (Å²) >= 11 is 0. The summed E-state index contributed by atoms with van der Waals surface area (Å²) in [6.07, 6.45) is 1.43. The van der Waals surface area contributed by atoms with E-state index in [2.05, 4.69) is 10.1 Å². The summed E-state index contributed by atoms with van der Waals surface area (Å²) in [5.74, 6) is -0.368. The van der Waals surface area contributed by atoms with Crippen molar-refractivity contribution < 1.29 is 14.3 Å². The van der Waals surface area contributed by atoms with E-state index < -0.39 is 0 Å². The summed E-state index contributed by atoms with van der Waals surface area (Å²) in [4.78, 5) is 21.4. The molecule has 4 nitrogen and oxygen atoms in total. The number of esters is 1. The lowest BCUT2D eigenvalue weighted by atomic mass is 10.3. The van der Waals surface area contributed by atoms with Crippen LogP contribution in [-0.2, 0) is 14.3 Å². The maximum absolute atomic E-state index is 10.8. The predicted octanol–water partition coefficient (Wildman–Crippen LogP) is 0.632. The molecule has 13 heavy (non-hydrogen) atoms. The molecule has 74 valence electrons. The van der Waals surface area contributed by atoms with Gasteiger partial charge in [0.2, 0.25) is 0 Å². The molecule has 0 heterocycles. The van der Waals surface area contributed by atoms with Crippen LogP contribution in [0.4, 0.5) is 0 Å². The van der Waals surface area contributed by atoms with Gasteiger partial charge in [0.15, 0.2) is 5.78 Å². The Morgan fingerprint density at radius 1 is 1.38 bits per heavy atom. The minimum atomic E-state index is -0.321.